The Labute approximate surface area is 100 Å². The molecule has 2 rings (SSSR count). The van der Waals surface area contributed by atoms with Gasteiger partial charge in [-0.3, -0.25) is 4.90 Å². The molecular formula is C11H20N4O2. The van der Waals surface area contributed by atoms with Crippen molar-refractivity contribution in [1.29, 1.82) is 0 Å². The van der Waals surface area contributed by atoms with Gasteiger partial charge >= 0.3 is 0 Å². The molecule has 0 spiro atoms. The topological polar surface area (TPSA) is 98.4 Å². The highest BCUT2D eigenvalue weighted by Gasteiger charge is 2.28. The number of aromatic nitrogens is 2. The van der Waals surface area contributed by atoms with Gasteiger partial charge in [0.2, 0.25) is 0 Å². The summed E-state index contributed by atoms with van der Waals surface area (Å²) in [5.41, 5.74) is 6.82. The Hall–Kier alpha value is -0.950. The molecule has 0 radical (unpaired) electrons. The highest BCUT2D eigenvalue weighted by molar-refractivity contribution is 4.99. The summed E-state index contributed by atoms with van der Waals surface area (Å²) in [5, 5.41) is 19.0. The standard InChI is InChI=1S/C11H20N4O2/c12-8-2-1-3-15(6-8)10(11(16)17)4-9-5-13-7-14-9/h5,7-8,10-11,16-17H,1-4,6,12H2,(H,13,14)/t8-,10-/m0/s1. The van der Waals surface area contributed by atoms with E-state index in [9.17, 15) is 10.2 Å². The maximum atomic E-state index is 9.49. The van der Waals surface area contributed by atoms with Gasteiger partial charge in [0.25, 0.3) is 0 Å². The van der Waals surface area contributed by atoms with E-state index in [1.807, 2.05) is 0 Å². The molecule has 0 unspecified atom stereocenters. The average Bonchev–Trinajstić information content (AvgIpc) is 2.78. The predicted molar refractivity (Wildman–Crippen MR) is 63.1 cm³/mol. The molecule has 0 amide bonds. The average molecular weight is 240 g/mol. The summed E-state index contributed by atoms with van der Waals surface area (Å²) in [6.45, 7) is 1.58. The van der Waals surface area contributed by atoms with E-state index in [-0.39, 0.29) is 12.1 Å². The first-order valence-corrected chi connectivity index (χ1v) is 6.00. The van der Waals surface area contributed by atoms with Gasteiger partial charge in [-0.1, -0.05) is 0 Å². The van der Waals surface area contributed by atoms with Crippen LogP contribution in [0.2, 0.25) is 0 Å². The van der Waals surface area contributed by atoms with Crippen molar-refractivity contribution in [1.82, 2.24) is 14.9 Å². The Bertz CT molecular complexity index is 328. The van der Waals surface area contributed by atoms with Gasteiger partial charge in [-0.15, -0.1) is 0 Å². The van der Waals surface area contributed by atoms with Crippen molar-refractivity contribution in [3.05, 3.63) is 18.2 Å². The Balaban J connectivity index is 2.01. The molecule has 1 saturated heterocycles. The lowest BCUT2D eigenvalue weighted by Gasteiger charge is -2.37. The Kier molecular flexibility index (Phi) is 4.11. The molecule has 0 aliphatic carbocycles. The van der Waals surface area contributed by atoms with Crippen LogP contribution in [-0.4, -0.2) is 56.5 Å². The van der Waals surface area contributed by atoms with E-state index >= 15 is 0 Å². The van der Waals surface area contributed by atoms with Crippen molar-refractivity contribution in [2.45, 2.75) is 37.6 Å². The van der Waals surface area contributed by atoms with Crippen LogP contribution >= 0.6 is 0 Å². The minimum absolute atomic E-state index is 0.131. The van der Waals surface area contributed by atoms with Crippen LogP contribution < -0.4 is 5.73 Å². The van der Waals surface area contributed by atoms with Gasteiger partial charge in [-0.05, 0) is 19.4 Å². The van der Waals surface area contributed by atoms with E-state index < -0.39 is 6.29 Å². The molecule has 6 nitrogen and oxygen atoms in total. The number of hydrogen-bond acceptors (Lipinski definition) is 5. The molecule has 0 bridgehead atoms. The van der Waals surface area contributed by atoms with Crippen LogP contribution in [0.25, 0.3) is 0 Å². The van der Waals surface area contributed by atoms with Gasteiger partial charge in [-0.2, -0.15) is 0 Å². The summed E-state index contributed by atoms with van der Waals surface area (Å²) in [6, 6.07) is -0.187. The van der Waals surface area contributed by atoms with E-state index in [0.717, 1.165) is 31.6 Å². The van der Waals surface area contributed by atoms with E-state index in [4.69, 9.17) is 5.73 Å². The number of nitrogens with two attached hydrogens (primary N) is 1. The minimum Gasteiger partial charge on any atom is -0.367 e. The number of aliphatic hydroxyl groups is 2. The predicted octanol–water partition coefficient (Wildman–Crippen LogP) is -0.945. The van der Waals surface area contributed by atoms with Crippen LogP contribution in [0.5, 0.6) is 0 Å². The molecule has 2 heterocycles. The summed E-state index contributed by atoms with van der Waals surface area (Å²) < 4.78 is 0. The fourth-order valence-electron chi connectivity index (χ4n) is 2.39. The van der Waals surface area contributed by atoms with E-state index in [1.54, 1.807) is 12.5 Å². The van der Waals surface area contributed by atoms with Crippen LogP contribution in [0, 0.1) is 0 Å². The number of aliphatic hydroxyl groups excluding tert-OH is 1. The van der Waals surface area contributed by atoms with Crippen molar-refractivity contribution in [3.63, 3.8) is 0 Å². The fourth-order valence-corrected chi connectivity index (χ4v) is 2.39. The van der Waals surface area contributed by atoms with Crippen LogP contribution in [0.3, 0.4) is 0 Å². The van der Waals surface area contributed by atoms with Gasteiger partial charge in [0.1, 0.15) is 0 Å². The molecule has 1 aromatic heterocycles. The summed E-state index contributed by atoms with van der Waals surface area (Å²) in [4.78, 5) is 8.97. The van der Waals surface area contributed by atoms with Gasteiger partial charge in [-0.25, -0.2) is 4.98 Å². The van der Waals surface area contributed by atoms with E-state index in [0.29, 0.717) is 6.42 Å². The van der Waals surface area contributed by atoms with Crippen molar-refractivity contribution in [3.8, 4) is 0 Å². The highest BCUT2D eigenvalue weighted by atomic mass is 16.5. The number of hydrogen-bond donors (Lipinski definition) is 4. The lowest BCUT2D eigenvalue weighted by molar-refractivity contribution is -0.104. The van der Waals surface area contributed by atoms with Crippen LogP contribution in [0.15, 0.2) is 12.5 Å². The number of piperidine rings is 1. The quantitative estimate of drug-likeness (QED) is 0.509. The van der Waals surface area contributed by atoms with Crippen molar-refractivity contribution >= 4 is 0 Å². The largest absolute Gasteiger partial charge is 0.367 e. The van der Waals surface area contributed by atoms with E-state index in [1.165, 1.54) is 0 Å². The normalized spacial score (nSPS) is 24.1. The Morgan fingerprint density at radius 2 is 2.41 bits per heavy atom. The second kappa shape index (κ2) is 5.59. The van der Waals surface area contributed by atoms with Gasteiger partial charge < -0.3 is 20.9 Å². The number of H-pyrrole nitrogens is 1. The molecule has 2 atom stereocenters. The zero-order valence-corrected chi connectivity index (χ0v) is 9.79. The molecule has 96 valence electrons. The van der Waals surface area contributed by atoms with Crippen molar-refractivity contribution < 1.29 is 10.2 Å². The molecule has 6 heteroatoms. The van der Waals surface area contributed by atoms with E-state index in [2.05, 4.69) is 14.9 Å². The zero-order chi connectivity index (χ0) is 12.3. The molecule has 1 aliphatic rings. The number of imidazole rings is 1. The second-order valence-electron chi connectivity index (χ2n) is 4.66. The number of nitrogens with one attached hydrogen (secondary N) is 1. The number of likely N-dealkylation sites (tertiary alicyclic amines) is 1. The first kappa shape index (κ1) is 12.5. The lowest BCUT2D eigenvalue weighted by atomic mass is 10.0. The van der Waals surface area contributed by atoms with Gasteiger partial charge in [0.05, 0.1) is 12.4 Å². The number of nitrogens with zero attached hydrogens (tertiary/aromatic N) is 2. The highest BCUT2D eigenvalue weighted by Crippen LogP contribution is 2.16. The zero-order valence-electron chi connectivity index (χ0n) is 9.79. The maximum Gasteiger partial charge on any atom is 0.167 e. The third-order valence-corrected chi connectivity index (χ3v) is 3.29. The molecule has 1 aromatic rings. The summed E-state index contributed by atoms with van der Waals surface area (Å²) in [6.07, 6.45) is 4.51. The SMILES string of the molecule is N[C@H]1CCCN([C@@H](Cc2cnc[nH]2)C(O)O)C1. The number of rotatable bonds is 4. The van der Waals surface area contributed by atoms with Crippen molar-refractivity contribution in [2.75, 3.05) is 13.1 Å². The fraction of sp³-hybridized carbons (Fsp3) is 0.727. The first-order valence-electron chi connectivity index (χ1n) is 6.00. The Morgan fingerprint density at radius 1 is 1.59 bits per heavy atom. The smallest absolute Gasteiger partial charge is 0.167 e. The molecule has 0 aromatic carbocycles. The van der Waals surface area contributed by atoms with Crippen LogP contribution in [-0.2, 0) is 6.42 Å². The summed E-state index contributed by atoms with van der Waals surface area (Å²) in [5.74, 6) is 0. The van der Waals surface area contributed by atoms with Gasteiger partial charge in [0.15, 0.2) is 6.29 Å². The molecule has 17 heavy (non-hydrogen) atoms. The van der Waals surface area contributed by atoms with Crippen LogP contribution in [0.4, 0.5) is 0 Å². The number of aromatic amines is 1. The second-order valence-corrected chi connectivity index (χ2v) is 4.66. The molecule has 1 aliphatic heterocycles. The molecule has 5 N–H and O–H groups in total. The van der Waals surface area contributed by atoms with Gasteiger partial charge in [0, 0.05) is 30.9 Å². The first-order chi connectivity index (χ1) is 8.16. The third-order valence-electron chi connectivity index (χ3n) is 3.29. The molecule has 0 saturated carbocycles. The van der Waals surface area contributed by atoms with Crippen LogP contribution in [0.1, 0.15) is 18.5 Å². The Morgan fingerprint density at radius 3 is 3.00 bits per heavy atom. The lowest BCUT2D eigenvalue weighted by Crippen LogP contribution is -2.52. The molecule has 1 fully saturated rings. The van der Waals surface area contributed by atoms with Crippen molar-refractivity contribution in [2.24, 2.45) is 5.73 Å². The third kappa shape index (κ3) is 3.26. The molecular weight excluding hydrogens is 220 g/mol. The minimum atomic E-state index is -1.36. The maximum absolute atomic E-state index is 9.49. The monoisotopic (exact) mass is 240 g/mol. The summed E-state index contributed by atoms with van der Waals surface area (Å²) in [7, 11) is 0. The summed E-state index contributed by atoms with van der Waals surface area (Å²) >= 11 is 0.